The standard InChI is InChI=1S/C16H16N4O3S/c1-24(22,23)20(11-14-5-3-7-18-10-14)12-16(21)19-15-6-2-4-13(8-15)9-17/h2-8,10H,11-12H2,1H3,(H,19,21). The molecule has 0 aliphatic heterocycles. The number of hydrogen-bond donors (Lipinski definition) is 1. The van der Waals surface area contributed by atoms with Crippen LogP contribution >= 0.6 is 0 Å². The van der Waals surface area contributed by atoms with E-state index >= 15 is 0 Å². The lowest BCUT2D eigenvalue weighted by Gasteiger charge is -2.19. The normalized spacial score (nSPS) is 11.0. The van der Waals surface area contributed by atoms with Crippen molar-refractivity contribution < 1.29 is 13.2 Å². The topological polar surface area (TPSA) is 103 Å². The molecule has 1 heterocycles. The average Bonchev–Trinajstić information content (AvgIpc) is 2.54. The van der Waals surface area contributed by atoms with Gasteiger partial charge in [-0.1, -0.05) is 12.1 Å². The van der Waals surface area contributed by atoms with Crippen molar-refractivity contribution in [1.29, 1.82) is 5.26 Å². The van der Waals surface area contributed by atoms with Crippen LogP contribution in [0.5, 0.6) is 0 Å². The van der Waals surface area contributed by atoms with Crippen LogP contribution in [0.1, 0.15) is 11.1 Å². The van der Waals surface area contributed by atoms with Gasteiger partial charge in [0, 0.05) is 24.6 Å². The number of hydrogen-bond acceptors (Lipinski definition) is 5. The van der Waals surface area contributed by atoms with Crippen LogP contribution in [-0.4, -0.2) is 36.4 Å². The molecule has 0 saturated carbocycles. The Labute approximate surface area is 140 Å². The molecule has 1 N–H and O–H groups in total. The van der Waals surface area contributed by atoms with Gasteiger partial charge >= 0.3 is 0 Å². The second-order valence-corrected chi connectivity index (χ2v) is 7.12. The maximum absolute atomic E-state index is 12.1. The second-order valence-electron chi connectivity index (χ2n) is 5.13. The zero-order valence-corrected chi connectivity index (χ0v) is 13.8. The molecule has 1 aromatic carbocycles. The maximum Gasteiger partial charge on any atom is 0.239 e. The van der Waals surface area contributed by atoms with Crippen LogP contribution in [0, 0.1) is 11.3 Å². The first kappa shape index (κ1) is 17.6. The van der Waals surface area contributed by atoms with Crippen molar-refractivity contribution in [3.8, 4) is 6.07 Å². The molecule has 1 aromatic heterocycles. The van der Waals surface area contributed by atoms with Crippen LogP contribution < -0.4 is 5.32 Å². The number of amides is 1. The molecule has 7 nitrogen and oxygen atoms in total. The molecule has 1 amide bonds. The quantitative estimate of drug-likeness (QED) is 0.852. The van der Waals surface area contributed by atoms with Gasteiger partial charge in [0.1, 0.15) is 0 Å². The number of nitrogens with one attached hydrogen (secondary N) is 1. The Kier molecular flexibility index (Phi) is 5.63. The summed E-state index contributed by atoms with van der Waals surface area (Å²) in [6, 6.07) is 11.8. The average molecular weight is 344 g/mol. The highest BCUT2D eigenvalue weighted by atomic mass is 32.2. The molecule has 2 rings (SSSR count). The van der Waals surface area contributed by atoms with Crippen molar-refractivity contribution >= 4 is 21.6 Å². The van der Waals surface area contributed by atoms with E-state index in [9.17, 15) is 13.2 Å². The first-order chi connectivity index (χ1) is 11.4. The van der Waals surface area contributed by atoms with Gasteiger partial charge in [0.25, 0.3) is 0 Å². The van der Waals surface area contributed by atoms with Crippen LogP contribution in [0.3, 0.4) is 0 Å². The summed E-state index contributed by atoms with van der Waals surface area (Å²) in [4.78, 5) is 16.1. The summed E-state index contributed by atoms with van der Waals surface area (Å²) in [5.41, 5.74) is 1.53. The SMILES string of the molecule is CS(=O)(=O)N(CC(=O)Nc1cccc(C#N)c1)Cc1cccnc1. The van der Waals surface area contributed by atoms with Crippen LogP contribution in [0.25, 0.3) is 0 Å². The summed E-state index contributed by atoms with van der Waals surface area (Å²) in [7, 11) is -3.57. The first-order valence-electron chi connectivity index (χ1n) is 7.02. The number of rotatable bonds is 6. The van der Waals surface area contributed by atoms with Crippen LogP contribution in [-0.2, 0) is 21.4 Å². The summed E-state index contributed by atoms with van der Waals surface area (Å²) in [5, 5.41) is 11.4. The molecule has 0 spiro atoms. The number of carbonyl (C=O) groups is 1. The lowest BCUT2D eigenvalue weighted by molar-refractivity contribution is -0.116. The molecule has 0 atom stereocenters. The monoisotopic (exact) mass is 344 g/mol. The molecule has 0 unspecified atom stereocenters. The van der Waals surface area contributed by atoms with Gasteiger partial charge in [0.15, 0.2) is 0 Å². The fraction of sp³-hybridized carbons (Fsp3) is 0.188. The summed E-state index contributed by atoms with van der Waals surface area (Å²) < 4.78 is 24.9. The zero-order chi connectivity index (χ0) is 17.6. The van der Waals surface area contributed by atoms with E-state index < -0.39 is 15.9 Å². The van der Waals surface area contributed by atoms with Crippen LogP contribution in [0.2, 0.25) is 0 Å². The third-order valence-corrected chi connectivity index (χ3v) is 4.34. The smallest absolute Gasteiger partial charge is 0.239 e. The Bertz CT molecular complexity index is 860. The third-order valence-electron chi connectivity index (χ3n) is 3.15. The number of sulfonamides is 1. The van der Waals surface area contributed by atoms with Crippen LogP contribution in [0.15, 0.2) is 48.8 Å². The van der Waals surface area contributed by atoms with E-state index in [1.54, 1.807) is 42.7 Å². The van der Waals surface area contributed by atoms with E-state index in [0.717, 1.165) is 10.6 Å². The lowest BCUT2D eigenvalue weighted by atomic mass is 10.2. The minimum absolute atomic E-state index is 0.0539. The number of aromatic nitrogens is 1. The Balaban J connectivity index is 2.09. The van der Waals surface area contributed by atoms with Crippen molar-refractivity contribution in [3.05, 3.63) is 59.9 Å². The number of benzene rings is 1. The van der Waals surface area contributed by atoms with Crippen molar-refractivity contribution in [2.75, 3.05) is 18.1 Å². The first-order valence-corrected chi connectivity index (χ1v) is 8.87. The molecule has 0 bridgehead atoms. The maximum atomic E-state index is 12.1. The molecular weight excluding hydrogens is 328 g/mol. The van der Waals surface area contributed by atoms with Crippen molar-refractivity contribution in [2.45, 2.75) is 6.54 Å². The second kappa shape index (κ2) is 7.68. The minimum Gasteiger partial charge on any atom is -0.325 e. The number of anilines is 1. The van der Waals surface area contributed by atoms with Crippen LogP contribution in [0.4, 0.5) is 5.69 Å². The largest absolute Gasteiger partial charge is 0.325 e. The van der Waals surface area contributed by atoms with E-state index in [1.807, 2.05) is 6.07 Å². The Morgan fingerprint density at radius 1 is 1.33 bits per heavy atom. The zero-order valence-electron chi connectivity index (χ0n) is 13.0. The van der Waals surface area contributed by atoms with Gasteiger partial charge in [-0.25, -0.2) is 8.42 Å². The highest BCUT2D eigenvalue weighted by molar-refractivity contribution is 7.88. The van der Waals surface area contributed by atoms with Crippen molar-refractivity contribution in [2.24, 2.45) is 0 Å². The van der Waals surface area contributed by atoms with E-state index in [2.05, 4.69) is 10.3 Å². The molecule has 0 aliphatic rings. The van der Waals surface area contributed by atoms with Crippen molar-refractivity contribution in [3.63, 3.8) is 0 Å². The fourth-order valence-electron chi connectivity index (χ4n) is 2.01. The van der Waals surface area contributed by atoms with Gasteiger partial charge in [0.05, 0.1) is 24.4 Å². The van der Waals surface area contributed by atoms with Gasteiger partial charge in [0.2, 0.25) is 15.9 Å². The predicted molar refractivity (Wildman–Crippen MR) is 89.3 cm³/mol. The van der Waals surface area contributed by atoms with E-state index in [1.165, 1.54) is 6.07 Å². The van der Waals surface area contributed by atoms with Gasteiger partial charge in [-0.3, -0.25) is 9.78 Å². The Morgan fingerprint density at radius 2 is 2.12 bits per heavy atom. The highest BCUT2D eigenvalue weighted by Crippen LogP contribution is 2.11. The van der Waals surface area contributed by atoms with Gasteiger partial charge < -0.3 is 5.32 Å². The summed E-state index contributed by atoms with van der Waals surface area (Å²) in [6.07, 6.45) is 4.18. The molecule has 124 valence electrons. The van der Waals surface area contributed by atoms with E-state index in [0.29, 0.717) is 16.8 Å². The molecule has 24 heavy (non-hydrogen) atoms. The fourth-order valence-corrected chi connectivity index (χ4v) is 2.75. The van der Waals surface area contributed by atoms with Crippen molar-refractivity contribution in [1.82, 2.24) is 9.29 Å². The molecular formula is C16H16N4O3S. The number of nitrogens with zero attached hydrogens (tertiary/aromatic N) is 3. The lowest BCUT2D eigenvalue weighted by Crippen LogP contribution is -2.36. The van der Waals surface area contributed by atoms with Gasteiger partial charge in [-0.2, -0.15) is 9.57 Å². The molecule has 8 heteroatoms. The Hall–Kier alpha value is -2.76. The molecule has 2 aromatic rings. The Morgan fingerprint density at radius 3 is 2.75 bits per heavy atom. The van der Waals surface area contributed by atoms with Gasteiger partial charge in [-0.05, 0) is 29.8 Å². The van der Waals surface area contributed by atoms with E-state index in [-0.39, 0.29) is 13.1 Å². The van der Waals surface area contributed by atoms with E-state index in [4.69, 9.17) is 5.26 Å². The molecule has 0 radical (unpaired) electrons. The number of pyridine rings is 1. The number of nitriles is 1. The summed E-state index contributed by atoms with van der Waals surface area (Å²) in [5.74, 6) is -0.487. The highest BCUT2D eigenvalue weighted by Gasteiger charge is 2.20. The summed E-state index contributed by atoms with van der Waals surface area (Å²) >= 11 is 0. The number of carbonyl (C=O) groups excluding carboxylic acids is 1. The summed E-state index contributed by atoms with van der Waals surface area (Å²) in [6.45, 7) is -0.275. The molecule has 0 aliphatic carbocycles. The molecule has 0 fully saturated rings. The molecule has 0 saturated heterocycles. The third kappa shape index (κ3) is 5.15. The van der Waals surface area contributed by atoms with Gasteiger partial charge in [-0.15, -0.1) is 0 Å². The predicted octanol–water partition coefficient (Wildman–Crippen LogP) is 1.35. The minimum atomic E-state index is -3.57.